The molecule has 0 aromatic heterocycles. The Morgan fingerprint density at radius 3 is 2.50 bits per heavy atom. The molecule has 0 fully saturated rings. The van der Waals surface area contributed by atoms with E-state index in [0.29, 0.717) is 5.56 Å². The van der Waals surface area contributed by atoms with Crippen LogP contribution in [0, 0.1) is 18.6 Å². The molecule has 2 rings (SSSR count). The molecular formula is C13H10F2O. The summed E-state index contributed by atoms with van der Waals surface area (Å²) in [5.74, 6) is -1.75. The largest absolute Gasteiger partial charge is 0.508 e. The first-order valence-electron chi connectivity index (χ1n) is 4.83. The lowest BCUT2D eigenvalue weighted by Crippen LogP contribution is -1.89. The van der Waals surface area contributed by atoms with E-state index in [-0.39, 0.29) is 11.3 Å². The molecule has 0 saturated heterocycles. The Balaban J connectivity index is 2.63. The van der Waals surface area contributed by atoms with Crippen LogP contribution in [0.1, 0.15) is 5.56 Å². The molecule has 0 amide bonds. The smallest absolute Gasteiger partial charge is 0.166 e. The molecule has 0 atom stereocenters. The summed E-state index contributed by atoms with van der Waals surface area (Å²) in [6.07, 6.45) is 0. The lowest BCUT2D eigenvalue weighted by atomic mass is 10.0. The number of hydrogen-bond donors (Lipinski definition) is 1. The van der Waals surface area contributed by atoms with Crippen LogP contribution in [-0.2, 0) is 0 Å². The van der Waals surface area contributed by atoms with Crippen molar-refractivity contribution in [1.82, 2.24) is 0 Å². The predicted molar refractivity (Wildman–Crippen MR) is 58.2 cm³/mol. The van der Waals surface area contributed by atoms with E-state index in [1.807, 2.05) is 0 Å². The van der Waals surface area contributed by atoms with E-state index in [0.717, 1.165) is 11.6 Å². The van der Waals surface area contributed by atoms with Crippen LogP contribution in [0.2, 0.25) is 0 Å². The number of phenolic OH excluding ortho intramolecular Hbond substituents is 1. The van der Waals surface area contributed by atoms with Gasteiger partial charge in [0.15, 0.2) is 11.6 Å². The molecule has 0 bridgehead atoms. The molecule has 2 aromatic rings. The Morgan fingerprint density at radius 2 is 1.81 bits per heavy atom. The van der Waals surface area contributed by atoms with Gasteiger partial charge in [-0.05, 0) is 36.2 Å². The number of benzene rings is 2. The zero-order valence-electron chi connectivity index (χ0n) is 8.67. The highest BCUT2D eigenvalue weighted by molar-refractivity contribution is 5.66. The van der Waals surface area contributed by atoms with Gasteiger partial charge in [-0.2, -0.15) is 0 Å². The summed E-state index contributed by atoms with van der Waals surface area (Å²) < 4.78 is 26.5. The number of phenols is 1. The van der Waals surface area contributed by atoms with Crippen LogP contribution in [0.5, 0.6) is 5.75 Å². The zero-order chi connectivity index (χ0) is 11.7. The summed E-state index contributed by atoms with van der Waals surface area (Å²) in [6, 6.07) is 8.64. The van der Waals surface area contributed by atoms with Gasteiger partial charge in [-0.1, -0.05) is 18.2 Å². The molecule has 0 aliphatic heterocycles. The maximum absolute atomic E-state index is 13.5. The summed E-state index contributed by atoms with van der Waals surface area (Å²) >= 11 is 0. The summed E-state index contributed by atoms with van der Waals surface area (Å²) in [7, 11) is 0. The molecule has 82 valence electrons. The molecule has 0 spiro atoms. The third-order valence-corrected chi connectivity index (χ3v) is 2.32. The van der Waals surface area contributed by atoms with Crippen molar-refractivity contribution in [1.29, 1.82) is 0 Å². The van der Waals surface area contributed by atoms with Gasteiger partial charge in [0.1, 0.15) is 5.75 Å². The van der Waals surface area contributed by atoms with Crippen LogP contribution in [0.4, 0.5) is 8.78 Å². The zero-order valence-corrected chi connectivity index (χ0v) is 8.67. The summed E-state index contributed by atoms with van der Waals surface area (Å²) in [6.45, 7) is 1.78. The lowest BCUT2D eigenvalue weighted by molar-refractivity contribution is 0.475. The summed E-state index contributed by atoms with van der Waals surface area (Å²) in [5.41, 5.74) is 1.41. The van der Waals surface area contributed by atoms with Gasteiger partial charge in [-0.3, -0.25) is 0 Å². The number of hydrogen-bond acceptors (Lipinski definition) is 1. The molecule has 1 nitrogen and oxygen atoms in total. The molecule has 0 saturated carbocycles. The predicted octanol–water partition coefficient (Wildman–Crippen LogP) is 3.65. The van der Waals surface area contributed by atoms with Crippen LogP contribution in [0.15, 0.2) is 36.4 Å². The topological polar surface area (TPSA) is 20.2 Å². The van der Waals surface area contributed by atoms with Crippen molar-refractivity contribution in [3.8, 4) is 16.9 Å². The third-order valence-electron chi connectivity index (χ3n) is 2.32. The highest BCUT2D eigenvalue weighted by Gasteiger charge is 2.10. The first kappa shape index (κ1) is 10.6. The minimum atomic E-state index is -0.896. The first-order chi connectivity index (χ1) is 7.58. The maximum atomic E-state index is 13.5. The van der Waals surface area contributed by atoms with Crippen molar-refractivity contribution < 1.29 is 13.9 Å². The Labute approximate surface area is 92.0 Å². The highest BCUT2D eigenvalue weighted by Crippen LogP contribution is 2.28. The van der Waals surface area contributed by atoms with E-state index in [2.05, 4.69) is 0 Å². The van der Waals surface area contributed by atoms with E-state index in [1.54, 1.807) is 19.1 Å². The summed E-state index contributed by atoms with van der Waals surface area (Å²) in [5, 5.41) is 9.40. The molecule has 0 heterocycles. The Hall–Kier alpha value is -1.90. The second-order valence-corrected chi connectivity index (χ2v) is 3.66. The van der Waals surface area contributed by atoms with Gasteiger partial charge in [0.05, 0.1) is 0 Å². The fraction of sp³-hybridized carbons (Fsp3) is 0.0769. The van der Waals surface area contributed by atoms with Gasteiger partial charge in [0, 0.05) is 5.56 Å². The molecule has 2 aromatic carbocycles. The van der Waals surface area contributed by atoms with Gasteiger partial charge < -0.3 is 5.11 Å². The van der Waals surface area contributed by atoms with Gasteiger partial charge in [-0.15, -0.1) is 0 Å². The van der Waals surface area contributed by atoms with Crippen LogP contribution in [0.25, 0.3) is 11.1 Å². The number of aryl methyl sites for hydroxylation is 1. The number of aromatic hydroxyl groups is 1. The van der Waals surface area contributed by atoms with E-state index >= 15 is 0 Å². The van der Waals surface area contributed by atoms with Gasteiger partial charge in [-0.25, -0.2) is 8.78 Å². The van der Waals surface area contributed by atoms with E-state index in [4.69, 9.17) is 0 Å². The Kier molecular flexibility index (Phi) is 2.60. The van der Waals surface area contributed by atoms with Crippen LogP contribution >= 0.6 is 0 Å². The third kappa shape index (κ3) is 1.89. The monoisotopic (exact) mass is 220 g/mol. The SMILES string of the molecule is Cc1cc(O)cc(-c2cccc(F)c2F)c1. The van der Waals surface area contributed by atoms with Crippen molar-refractivity contribution in [2.45, 2.75) is 6.92 Å². The molecule has 0 unspecified atom stereocenters. The fourth-order valence-electron chi connectivity index (χ4n) is 1.65. The maximum Gasteiger partial charge on any atom is 0.166 e. The number of rotatable bonds is 1. The van der Waals surface area contributed by atoms with Gasteiger partial charge in [0.25, 0.3) is 0 Å². The van der Waals surface area contributed by atoms with Crippen LogP contribution < -0.4 is 0 Å². The molecule has 3 heteroatoms. The molecule has 1 N–H and O–H groups in total. The van der Waals surface area contributed by atoms with Crippen LogP contribution in [-0.4, -0.2) is 5.11 Å². The first-order valence-corrected chi connectivity index (χ1v) is 4.83. The van der Waals surface area contributed by atoms with Crippen molar-refractivity contribution in [3.63, 3.8) is 0 Å². The fourth-order valence-corrected chi connectivity index (χ4v) is 1.65. The average molecular weight is 220 g/mol. The van der Waals surface area contributed by atoms with Crippen molar-refractivity contribution in [2.24, 2.45) is 0 Å². The normalized spacial score (nSPS) is 10.4. The minimum absolute atomic E-state index is 0.0404. The number of halogens is 2. The quantitative estimate of drug-likeness (QED) is 0.777. The van der Waals surface area contributed by atoms with Crippen molar-refractivity contribution in [2.75, 3.05) is 0 Å². The second-order valence-electron chi connectivity index (χ2n) is 3.66. The molecule has 0 aliphatic carbocycles. The average Bonchev–Trinajstić information content (AvgIpc) is 2.20. The lowest BCUT2D eigenvalue weighted by Gasteiger charge is -2.06. The molecule has 0 radical (unpaired) electrons. The second kappa shape index (κ2) is 3.93. The van der Waals surface area contributed by atoms with E-state index < -0.39 is 11.6 Å². The standard InChI is InChI=1S/C13H10F2O/c1-8-5-9(7-10(16)6-8)11-3-2-4-12(14)13(11)15/h2-7,16H,1H3. The van der Waals surface area contributed by atoms with E-state index in [1.165, 1.54) is 18.2 Å². The van der Waals surface area contributed by atoms with Crippen molar-refractivity contribution >= 4 is 0 Å². The molecule has 0 aliphatic rings. The van der Waals surface area contributed by atoms with Gasteiger partial charge >= 0.3 is 0 Å². The van der Waals surface area contributed by atoms with Crippen molar-refractivity contribution in [3.05, 3.63) is 53.6 Å². The van der Waals surface area contributed by atoms with Gasteiger partial charge in [0.2, 0.25) is 0 Å². The van der Waals surface area contributed by atoms with E-state index in [9.17, 15) is 13.9 Å². The van der Waals surface area contributed by atoms with Crippen LogP contribution in [0.3, 0.4) is 0 Å². The molecule has 16 heavy (non-hydrogen) atoms. The minimum Gasteiger partial charge on any atom is -0.508 e. The Bertz CT molecular complexity index is 515. The molecular weight excluding hydrogens is 210 g/mol. The highest BCUT2D eigenvalue weighted by atomic mass is 19.2. The Morgan fingerprint density at radius 1 is 1.06 bits per heavy atom. The summed E-state index contributed by atoms with van der Waals surface area (Å²) in [4.78, 5) is 0.